The van der Waals surface area contributed by atoms with E-state index in [1.165, 1.54) is 12.1 Å². The lowest BCUT2D eigenvalue weighted by Crippen LogP contribution is -2.21. The number of aromatic carboxylic acids is 1. The summed E-state index contributed by atoms with van der Waals surface area (Å²) in [6.07, 6.45) is 0.799. The summed E-state index contributed by atoms with van der Waals surface area (Å²) in [5.74, 6) is -0.728. The van der Waals surface area contributed by atoms with Crippen molar-refractivity contribution < 1.29 is 14.3 Å². The lowest BCUT2D eigenvalue weighted by molar-refractivity contribution is 0.0691. The Hall–Kier alpha value is -2.14. The number of anilines is 1. The average molecular weight is 321 g/mol. The number of nitrogens with zero attached hydrogens (tertiary/aromatic N) is 2. The van der Waals surface area contributed by atoms with Gasteiger partial charge in [-0.1, -0.05) is 29.8 Å². The first-order chi connectivity index (χ1) is 10.6. The van der Waals surface area contributed by atoms with E-state index < -0.39 is 5.97 Å². The van der Waals surface area contributed by atoms with Crippen molar-refractivity contribution in [3.05, 3.63) is 58.5 Å². The predicted octanol–water partition coefficient (Wildman–Crippen LogP) is 3.57. The summed E-state index contributed by atoms with van der Waals surface area (Å²) < 4.78 is 13.9. The molecule has 1 aliphatic heterocycles. The minimum Gasteiger partial charge on any atom is -0.476 e. The van der Waals surface area contributed by atoms with Crippen LogP contribution in [0.2, 0.25) is 5.02 Å². The van der Waals surface area contributed by atoms with Crippen molar-refractivity contribution >= 4 is 23.4 Å². The number of rotatable bonds is 3. The molecule has 0 aliphatic carbocycles. The van der Waals surface area contributed by atoms with Crippen LogP contribution < -0.4 is 4.90 Å². The Balaban J connectivity index is 1.83. The predicted molar refractivity (Wildman–Crippen MR) is 82.2 cm³/mol. The maximum Gasteiger partial charge on any atom is 0.356 e. The Morgan fingerprint density at radius 3 is 2.82 bits per heavy atom. The van der Waals surface area contributed by atoms with E-state index in [0.717, 1.165) is 6.42 Å². The molecule has 0 radical (unpaired) electrons. The molecule has 0 amide bonds. The number of halogens is 2. The highest BCUT2D eigenvalue weighted by molar-refractivity contribution is 6.33. The maximum absolute atomic E-state index is 13.9. The Morgan fingerprint density at radius 2 is 2.09 bits per heavy atom. The van der Waals surface area contributed by atoms with Crippen LogP contribution in [0.1, 0.15) is 28.4 Å². The van der Waals surface area contributed by atoms with Crippen LogP contribution in [0.5, 0.6) is 0 Å². The summed E-state index contributed by atoms with van der Waals surface area (Å²) in [6, 6.07) is 9.97. The third kappa shape index (κ3) is 2.76. The molecule has 1 atom stereocenters. The molecular weight excluding hydrogens is 307 g/mol. The summed E-state index contributed by atoms with van der Waals surface area (Å²) in [7, 11) is 0. The number of carboxylic acids is 1. The third-order valence-electron chi connectivity index (χ3n) is 3.89. The van der Waals surface area contributed by atoms with Gasteiger partial charge in [-0.15, -0.1) is 0 Å². The fourth-order valence-corrected chi connectivity index (χ4v) is 2.97. The van der Waals surface area contributed by atoms with Crippen LogP contribution in [0.15, 0.2) is 36.4 Å². The van der Waals surface area contributed by atoms with E-state index in [0.29, 0.717) is 24.5 Å². The summed E-state index contributed by atoms with van der Waals surface area (Å²) >= 11 is 5.83. The summed E-state index contributed by atoms with van der Waals surface area (Å²) in [6.45, 7) is 1.31. The molecule has 1 aromatic carbocycles. The molecule has 0 spiro atoms. The standard InChI is InChI=1S/C16H14ClFN2O2/c17-12-5-6-14(19-15(12)16(21)22)20-8-7-10(9-20)11-3-1-2-4-13(11)18/h1-6,10H,7-9H2,(H,21,22)/t10-/m1/s1. The number of pyridine rings is 1. The Morgan fingerprint density at radius 1 is 1.32 bits per heavy atom. The minimum atomic E-state index is -1.16. The van der Waals surface area contributed by atoms with Crippen molar-refractivity contribution in [2.24, 2.45) is 0 Å². The van der Waals surface area contributed by atoms with Crippen molar-refractivity contribution in [2.45, 2.75) is 12.3 Å². The van der Waals surface area contributed by atoms with Gasteiger partial charge in [0.15, 0.2) is 5.69 Å². The van der Waals surface area contributed by atoms with Crippen molar-refractivity contribution in [2.75, 3.05) is 18.0 Å². The van der Waals surface area contributed by atoms with Crippen LogP contribution in [0.3, 0.4) is 0 Å². The van der Waals surface area contributed by atoms with Crippen molar-refractivity contribution in [3.8, 4) is 0 Å². The number of aromatic nitrogens is 1. The van der Waals surface area contributed by atoms with Crippen molar-refractivity contribution in [1.29, 1.82) is 0 Å². The Kier molecular flexibility index (Phi) is 3.98. The first kappa shape index (κ1) is 14.8. The van der Waals surface area contributed by atoms with Crippen LogP contribution in [-0.2, 0) is 0 Å². The van der Waals surface area contributed by atoms with Crippen LogP contribution in [-0.4, -0.2) is 29.1 Å². The fraction of sp³-hybridized carbons (Fsp3) is 0.250. The van der Waals surface area contributed by atoms with E-state index in [2.05, 4.69) is 4.98 Å². The lowest BCUT2D eigenvalue weighted by Gasteiger charge is -2.18. The van der Waals surface area contributed by atoms with Crippen LogP contribution in [0.25, 0.3) is 0 Å². The molecule has 0 saturated carbocycles. The van der Waals surface area contributed by atoms with E-state index in [4.69, 9.17) is 16.7 Å². The Bertz CT molecular complexity index is 723. The molecule has 4 nitrogen and oxygen atoms in total. The fourth-order valence-electron chi connectivity index (χ4n) is 2.79. The molecular formula is C16H14ClFN2O2. The minimum absolute atomic E-state index is 0.0759. The van der Waals surface area contributed by atoms with E-state index >= 15 is 0 Å². The highest BCUT2D eigenvalue weighted by Crippen LogP contribution is 2.32. The number of hydrogen-bond acceptors (Lipinski definition) is 3. The molecule has 1 saturated heterocycles. The molecule has 2 heterocycles. The van der Waals surface area contributed by atoms with Gasteiger partial charge < -0.3 is 10.0 Å². The average Bonchev–Trinajstić information content (AvgIpc) is 2.97. The monoisotopic (exact) mass is 320 g/mol. The van der Waals surface area contributed by atoms with E-state index in [9.17, 15) is 9.18 Å². The molecule has 1 N–H and O–H groups in total. The topological polar surface area (TPSA) is 53.4 Å². The largest absolute Gasteiger partial charge is 0.476 e. The first-order valence-electron chi connectivity index (χ1n) is 6.95. The number of carboxylic acid groups (broad SMARTS) is 1. The van der Waals surface area contributed by atoms with Gasteiger partial charge in [0, 0.05) is 19.0 Å². The van der Waals surface area contributed by atoms with Gasteiger partial charge in [-0.05, 0) is 30.2 Å². The second-order valence-electron chi connectivity index (χ2n) is 5.26. The molecule has 0 bridgehead atoms. The third-order valence-corrected chi connectivity index (χ3v) is 4.20. The van der Waals surface area contributed by atoms with E-state index in [1.54, 1.807) is 18.2 Å². The van der Waals surface area contributed by atoms with Crippen LogP contribution in [0.4, 0.5) is 10.2 Å². The van der Waals surface area contributed by atoms with Crippen molar-refractivity contribution in [1.82, 2.24) is 4.98 Å². The quantitative estimate of drug-likeness (QED) is 0.939. The van der Waals surface area contributed by atoms with Gasteiger partial charge in [0.25, 0.3) is 0 Å². The zero-order valence-corrected chi connectivity index (χ0v) is 12.4. The zero-order valence-electron chi connectivity index (χ0n) is 11.7. The summed E-state index contributed by atoms with van der Waals surface area (Å²) in [5.41, 5.74) is 0.533. The zero-order chi connectivity index (χ0) is 15.7. The van der Waals surface area contributed by atoms with Gasteiger partial charge in [0.05, 0.1) is 5.02 Å². The van der Waals surface area contributed by atoms with Gasteiger partial charge in [-0.3, -0.25) is 0 Å². The van der Waals surface area contributed by atoms with Gasteiger partial charge in [-0.2, -0.15) is 0 Å². The molecule has 1 aromatic heterocycles. The number of benzene rings is 1. The van der Waals surface area contributed by atoms with Gasteiger partial charge in [-0.25, -0.2) is 14.2 Å². The van der Waals surface area contributed by atoms with Gasteiger partial charge in [0.1, 0.15) is 11.6 Å². The second-order valence-corrected chi connectivity index (χ2v) is 5.67. The summed E-state index contributed by atoms with van der Waals surface area (Å²) in [4.78, 5) is 17.2. The molecule has 22 heavy (non-hydrogen) atoms. The number of carbonyl (C=O) groups is 1. The molecule has 1 aliphatic rings. The van der Waals surface area contributed by atoms with Gasteiger partial charge in [0.2, 0.25) is 0 Å². The lowest BCUT2D eigenvalue weighted by atomic mass is 9.98. The molecule has 1 fully saturated rings. The number of hydrogen-bond donors (Lipinski definition) is 1. The molecule has 0 unspecified atom stereocenters. The van der Waals surface area contributed by atoms with Gasteiger partial charge >= 0.3 is 5.97 Å². The summed E-state index contributed by atoms with van der Waals surface area (Å²) in [5, 5.41) is 9.20. The molecule has 6 heteroatoms. The Labute approximate surface area is 132 Å². The van der Waals surface area contributed by atoms with Crippen LogP contribution >= 0.6 is 11.6 Å². The first-order valence-corrected chi connectivity index (χ1v) is 7.33. The second kappa shape index (κ2) is 5.93. The van der Waals surface area contributed by atoms with Crippen molar-refractivity contribution in [3.63, 3.8) is 0 Å². The molecule has 3 rings (SSSR count). The smallest absolute Gasteiger partial charge is 0.356 e. The normalized spacial score (nSPS) is 17.7. The van der Waals surface area contributed by atoms with E-state index in [-0.39, 0.29) is 22.5 Å². The van der Waals surface area contributed by atoms with E-state index in [1.807, 2.05) is 11.0 Å². The SMILES string of the molecule is O=C(O)c1nc(N2CC[C@@H](c3ccccc3F)C2)ccc1Cl. The maximum atomic E-state index is 13.9. The molecule has 2 aromatic rings. The highest BCUT2D eigenvalue weighted by Gasteiger charge is 2.27. The molecule has 114 valence electrons. The van der Waals surface area contributed by atoms with Crippen LogP contribution in [0, 0.1) is 5.82 Å². The highest BCUT2D eigenvalue weighted by atomic mass is 35.5.